The molecule has 1 unspecified atom stereocenters. The number of aliphatic hydroxyl groups is 1. The molecular weight excluding hydrogens is 230 g/mol. The van der Waals surface area contributed by atoms with Crippen LogP contribution >= 0.6 is 0 Å². The molecule has 0 fully saturated rings. The molecule has 0 bridgehead atoms. The van der Waals surface area contributed by atoms with E-state index in [0.29, 0.717) is 18.7 Å². The molecule has 0 aliphatic rings. The number of aliphatic hydroxyl groups excluding tert-OH is 1. The molecule has 4 nitrogen and oxygen atoms in total. The second-order valence-corrected chi connectivity index (χ2v) is 4.34. The molecule has 0 aliphatic heterocycles. The molecule has 0 aromatic heterocycles. The zero-order valence-electron chi connectivity index (χ0n) is 11.0. The summed E-state index contributed by atoms with van der Waals surface area (Å²) in [6.07, 6.45) is 1.19. The Morgan fingerprint density at radius 1 is 1.39 bits per heavy atom. The first-order valence-electron chi connectivity index (χ1n) is 6.28. The van der Waals surface area contributed by atoms with Crippen molar-refractivity contribution in [3.8, 4) is 5.75 Å². The maximum absolute atomic E-state index is 11.3. The summed E-state index contributed by atoms with van der Waals surface area (Å²) in [6.45, 7) is 4.47. The Bertz CT molecular complexity index is 360. The van der Waals surface area contributed by atoms with Gasteiger partial charge in [-0.05, 0) is 37.5 Å². The Morgan fingerprint density at radius 2 is 2.06 bits per heavy atom. The smallest absolute Gasteiger partial charge is 0.257 e. The van der Waals surface area contributed by atoms with E-state index in [0.717, 1.165) is 12.0 Å². The number of benzene rings is 1. The van der Waals surface area contributed by atoms with Crippen LogP contribution in [0.25, 0.3) is 0 Å². The zero-order chi connectivity index (χ0) is 13.4. The van der Waals surface area contributed by atoms with Crippen LogP contribution in [0.3, 0.4) is 0 Å². The maximum atomic E-state index is 11.3. The highest BCUT2D eigenvalue weighted by Gasteiger charge is 2.02. The van der Waals surface area contributed by atoms with Gasteiger partial charge >= 0.3 is 0 Å². The number of hydrogen-bond donors (Lipinski definition) is 2. The van der Waals surface area contributed by atoms with Crippen molar-refractivity contribution >= 4 is 5.91 Å². The molecule has 100 valence electrons. The van der Waals surface area contributed by atoms with Gasteiger partial charge in [0.15, 0.2) is 6.61 Å². The van der Waals surface area contributed by atoms with E-state index in [4.69, 9.17) is 4.74 Å². The Labute approximate surface area is 108 Å². The third kappa shape index (κ3) is 5.68. The van der Waals surface area contributed by atoms with E-state index in [9.17, 15) is 9.90 Å². The maximum Gasteiger partial charge on any atom is 0.257 e. The van der Waals surface area contributed by atoms with Gasteiger partial charge in [0.25, 0.3) is 5.91 Å². The van der Waals surface area contributed by atoms with Crippen molar-refractivity contribution < 1.29 is 14.6 Å². The van der Waals surface area contributed by atoms with Crippen molar-refractivity contribution in [3.05, 3.63) is 29.8 Å². The van der Waals surface area contributed by atoms with Gasteiger partial charge in [-0.2, -0.15) is 0 Å². The minimum absolute atomic E-state index is 0.0374. The largest absolute Gasteiger partial charge is 0.484 e. The first-order valence-corrected chi connectivity index (χ1v) is 6.28. The van der Waals surface area contributed by atoms with E-state index in [1.807, 2.05) is 31.2 Å². The first-order chi connectivity index (χ1) is 8.61. The fourth-order valence-corrected chi connectivity index (χ4v) is 1.53. The molecule has 1 aromatic carbocycles. The number of ether oxygens (including phenoxy) is 1. The molecular formula is C14H21NO3. The average Bonchev–Trinajstić information content (AvgIpc) is 2.35. The van der Waals surface area contributed by atoms with E-state index in [1.54, 1.807) is 6.92 Å². The van der Waals surface area contributed by atoms with Crippen LogP contribution in [0.15, 0.2) is 24.3 Å². The molecule has 0 spiro atoms. The molecule has 2 N–H and O–H groups in total. The van der Waals surface area contributed by atoms with Crippen molar-refractivity contribution in [3.63, 3.8) is 0 Å². The Hall–Kier alpha value is -1.55. The molecule has 0 saturated carbocycles. The predicted molar refractivity (Wildman–Crippen MR) is 70.6 cm³/mol. The van der Waals surface area contributed by atoms with Crippen LogP contribution in [0.1, 0.15) is 25.8 Å². The molecule has 0 heterocycles. The third-order valence-corrected chi connectivity index (χ3v) is 2.40. The standard InChI is InChI=1S/C14H21NO3/c1-3-8-15-14(17)10-18-13-6-4-12(5-7-13)9-11(2)16/h4-7,11,16H,3,8-10H2,1-2H3,(H,15,17). The Kier molecular flexibility index (Phi) is 6.22. The summed E-state index contributed by atoms with van der Waals surface area (Å²) in [5, 5.41) is 12.0. The lowest BCUT2D eigenvalue weighted by Crippen LogP contribution is -2.29. The summed E-state index contributed by atoms with van der Waals surface area (Å²) >= 11 is 0. The summed E-state index contributed by atoms with van der Waals surface area (Å²) in [7, 11) is 0. The van der Waals surface area contributed by atoms with Crippen molar-refractivity contribution in [2.75, 3.05) is 13.2 Å². The highest BCUT2D eigenvalue weighted by atomic mass is 16.5. The van der Waals surface area contributed by atoms with Crippen molar-refractivity contribution in [1.82, 2.24) is 5.32 Å². The lowest BCUT2D eigenvalue weighted by atomic mass is 10.1. The predicted octanol–water partition coefficient (Wildman–Crippen LogP) is 1.51. The summed E-state index contributed by atoms with van der Waals surface area (Å²) in [5.74, 6) is 0.556. The normalized spacial score (nSPS) is 11.9. The third-order valence-electron chi connectivity index (χ3n) is 2.40. The number of carbonyl (C=O) groups excluding carboxylic acids is 1. The van der Waals surface area contributed by atoms with Crippen LogP contribution in [-0.2, 0) is 11.2 Å². The van der Waals surface area contributed by atoms with Crippen molar-refractivity contribution in [1.29, 1.82) is 0 Å². The SMILES string of the molecule is CCCNC(=O)COc1ccc(CC(C)O)cc1. The molecule has 1 amide bonds. The number of carbonyl (C=O) groups is 1. The van der Waals surface area contributed by atoms with E-state index in [2.05, 4.69) is 5.32 Å². The van der Waals surface area contributed by atoms with Gasteiger partial charge in [0.2, 0.25) is 0 Å². The van der Waals surface area contributed by atoms with Gasteiger partial charge in [-0.15, -0.1) is 0 Å². The van der Waals surface area contributed by atoms with Crippen LogP contribution in [0.5, 0.6) is 5.75 Å². The van der Waals surface area contributed by atoms with Crippen LogP contribution in [0.4, 0.5) is 0 Å². The van der Waals surface area contributed by atoms with Crippen LogP contribution in [0, 0.1) is 0 Å². The molecule has 0 saturated heterocycles. The van der Waals surface area contributed by atoms with Crippen LogP contribution < -0.4 is 10.1 Å². The molecule has 1 rings (SSSR count). The lowest BCUT2D eigenvalue weighted by Gasteiger charge is -2.08. The van der Waals surface area contributed by atoms with Gasteiger partial charge in [-0.3, -0.25) is 4.79 Å². The van der Waals surface area contributed by atoms with Gasteiger partial charge in [0, 0.05) is 6.54 Å². The molecule has 1 aromatic rings. The van der Waals surface area contributed by atoms with Crippen molar-refractivity contribution in [2.24, 2.45) is 0 Å². The average molecular weight is 251 g/mol. The molecule has 1 atom stereocenters. The monoisotopic (exact) mass is 251 g/mol. The van der Waals surface area contributed by atoms with Gasteiger partial charge in [-0.1, -0.05) is 19.1 Å². The fraction of sp³-hybridized carbons (Fsp3) is 0.500. The number of amides is 1. The zero-order valence-corrected chi connectivity index (χ0v) is 11.0. The molecule has 0 radical (unpaired) electrons. The first kappa shape index (κ1) is 14.5. The van der Waals surface area contributed by atoms with Crippen molar-refractivity contribution in [2.45, 2.75) is 32.8 Å². The number of rotatable bonds is 7. The van der Waals surface area contributed by atoms with Gasteiger partial charge in [0.1, 0.15) is 5.75 Å². The Morgan fingerprint density at radius 3 is 2.61 bits per heavy atom. The second-order valence-electron chi connectivity index (χ2n) is 4.34. The van der Waals surface area contributed by atoms with E-state index < -0.39 is 0 Å². The highest BCUT2D eigenvalue weighted by molar-refractivity contribution is 5.77. The van der Waals surface area contributed by atoms with E-state index in [-0.39, 0.29) is 18.6 Å². The summed E-state index contributed by atoms with van der Waals surface area (Å²) < 4.78 is 5.35. The van der Waals surface area contributed by atoms with Gasteiger partial charge in [0.05, 0.1) is 6.10 Å². The van der Waals surface area contributed by atoms with Gasteiger partial charge < -0.3 is 15.2 Å². The quantitative estimate of drug-likeness (QED) is 0.772. The van der Waals surface area contributed by atoms with E-state index >= 15 is 0 Å². The molecule has 18 heavy (non-hydrogen) atoms. The summed E-state index contributed by atoms with van der Waals surface area (Å²) in [4.78, 5) is 11.3. The summed E-state index contributed by atoms with van der Waals surface area (Å²) in [6, 6.07) is 7.41. The van der Waals surface area contributed by atoms with Gasteiger partial charge in [-0.25, -0.2) is 0 Å². The molecule has 4 heteroatoms. The molecule has 0 aliphatic carbocycles. The minimum Gasteiger partial charge on any atom is -0.484 e. The van der Waals surface area contributed by atoms with Crippen LogP contribution in [0.2, 0.25) is 0 Å². The number of nitrogens with one attached hydrogen (secondary N) is 1. The van der Waals surface area contributed by atoms with E-state index in [1.165, 1.54) is 0 Å². The summed E-state index contributed by atoms with van der Waals surface area (Å²) in [5.41, 5.74) is 1.05. The lowest BCUT2D eigenvalue weighted by molar-refractivity contribution is -0.123. The Balaban J connectivity index is 2.37. The fourth-order valence-electron chi connectivity index (χ4n) is 1.53. The topological polar surface area (TPSA) is 58.6 Å². The second kappa shape index (κ2) is 7.71. The van der Waals surface area contributed by atoms with Crippen LogP contribution in [-0.4, -0.2) is 30.3 Å². The minimum atomic E-state index is -0.350. The number of hydrogen-bond acceptors (Lipinski definition) is 3. The highest BCUT2D eigenvalue weighted by Crippen LogP contribution is 2.13.